The molecule has 0 radical (unpaired) electrons. The lowest BCUT2D eigenvalue weighted by Crippen LogP contribution is -1.94. The summed E-state index contributed by atoms with van der Waals surface area (Å²) in [6, 6.07) is 16.7. The SMILES string of the molecule is N#Cc1ccc(Nc2cccc(Oc3ccncc3)c2)nc1. The molecule has 0 unspecified atom stereocenters. The average molecular weight is 288 g/mol. The number of pyridine rings is 2. The molecule has 0 spiro atoms. The quantitative estimate of drug-likeness (QED) is 0.788. The summed E-state index contributed by atoms with van der Waals surface area (Å²) in [5.41, 5.74) is 1.38. The van der Waals surface area contributed by atoms with Gasteiger partial charge in [0.2, 0.25) is 0 Å². The fraction of sp³-hybridized carbons (Fsp3) is 0. The first-order chi connectivity index (χ1) is 10.8. The van der Waals surface area contributed by atoms with Crippen LogP contribution in [0.25, 0.3) is 0 Å². The summed E-state index contributed by atoms with van der Waals surface area (Å²) in [6.07, 6.45) is 4.88. The van der Waals surface area contributed by atoms with Crippen molar-refractivity contribution in [3.63, 3.8) is 0 Å². The third-order valence-electron chi connectivity index (χ3n) is 2.88. The van der Waals surface area contributed by atoms with Gasteiger partial charge in [-0.25, -0.2) is 4.98 Å². The minimum atomic E-state index is 0.528. The van der Waals surface area contributed by atoms with Gasteiger partial charge in [0, 0.05) is 30.3 Å². The topological polar surface area (TPSA) is 70.8 Å². The number of rotatable bonds is 4. The first-order valence-corrected chi connectivity index (χ1v) is 6.64. The monoisotopic (exact) mass is 288 g/mol. The summed E-state index contributed by atoms with van der Waals surface area (Å²) < 4.78 is 5.75. The standard InChI is InChI=1S/C17H12N4O/c18-11-13-4-5-17(20-12-13)21-14-2-1-3-16(10-14)22-15-6-8-19-9-7-15/h1-10,12H,(H,20,21). The molecule has 2 aromatic heterocycles. The van der Waals surface area contributed by atoms with E-state index in [0.29, 0.717) is 17.1 Å². The molecular formula is C17H12N4O. The largest absolute Gasteiger partial charge is 0.457 e. The molecule has 5 nitrogen and oxygen atoms in total. The van der Waals surface area contributed by atoms with Gasteiger partial charge in [-0.2, -0.15) is 5.26 Å². The maximum atomic E-state index is 8.76. The molecule has 0 bridgehead atoms. The molecule has 3 rings (SSSR count). The highest BCUT2D eigenvalue weighted by Crippen LogP contribution is 2.25. The van der Waals surface area contributed by atoms with Crippen LogP contribution < -0.4 is 10.1 Å². The Labute approximate surface area is 127 Å². The Bertz CT molecular complexity index is 795. The number of nitrogens with one attached hydrogen (secondary N) is 1. The van der Waals surface area contributed by atoms with E-state index in [4.69, 9.17) is 10.00 Å². The number of hydrogen-bond acceptors (Lipinski definition) is 5. The van der Waals surface area contributed by atoms with Crippen molar-refractivity contribution in [3.8, 4) is 17.6 Å². The van der Waals surface area contributed by atoms with Crippen LogP contribution >= 0.6 is 0 Å². The highest BCUT2D eigenvalue weighted by molar-refractivity contribution is 5.58. The molecule has 3 aromatic rings. The van der Waals surface area contributed by atoms with Crippen LogP contribution in [0.3, 0.4) is 0 Å². The van der Waals surface area contributed by atoms with Gasteiger partial charge in [-0.15, -0.1) is 0 Å². The smallest absolute Gasteiger partial charge is 0.130 e. The van der Waals surface area contributed by atoms with Crippen molar-refractivity contribution in [1.29, 1.82) is 5.26 Å². The summed E-state index contributed by atoms with van der Waals surface area (Å²) >= 11 is 0. The van der Waals surface area contributed by atoms with E-state index in [1.807, 2.05) is 30.3 Å². The van der Waals surface area contributed by atoms with E-state index in [-0.39, 0.29) is 0 Å². The molecule has 0 fully saturated rings. The zero-order valence-corrected chi connectivity index (χ0v) is 11.6. The van der Waals surface area contributed by atoms with Crippen LogP contribution in [-0.4, -0.2) is 9.97 Å². The van der Waals surface area contributed by atoms with E-state index in [9.17, 15) is 0 Å². The second-order valence-corrected chi connectivity index (χ2v) is 4.48. The predicted molar refractivity (Wildman–Crippen MR) is 83.0 cm³/mol. The summed E-state index contributed by atoms with van der Waals surface area (Å²) in [5, 5.41) is 11.9. The molecule has 2 heterocycles. The summed E-state index contributed by atoms with van der Waals surface area (Å²) in [5.74, 6) is 2.11. The number of anilines is 2. The molecule has 1 N–H and O–H groups in total. The molecule has 1 aromatic carbocycles. The summed E-state index contributed by atoms with van der Waals surface area (Å²) in [4.78, 5) is 8.13. The van der Waals surface area contributed by atoms with Crippen molar-refractivity contribution >= 4 is 11.5 Å². The molecule has 5 heteroatoms. The molecule has 0 saturated heterocycles. The van der Waals surface area contributed by atoms with Gasteiger partial charge in [0.25, 0.3) is 0 Å². The average Bonchev–Trinajstić information content (AvgIpc) is 2.57. The minimum Gasteiger partial charge on any atom is -0.457 e. The van der Waals surface area contributed by atoms with Gasteiger partial charge in [0.15, 0.2) is 0 Å². The van der Waals surface area contributed by atoms with E-state index in [0.717, 1.165) is 11.4 Å². The second kappa shape index (κ2) is 6.37. The lowest BCUT2D eigenvalue weighted by Gasteiger charge is -2.09. The van der Waals surface area contributed by atoms with Crippen LogP contribution in [0.2, 0.25) is 0 Å². The second-order valence-electron chi connectivity index (χ2n) is 4.48. The first kappa shape index (κ1) is 13.6. The molecule has 0 atom stereocenters. The lowest BCUT2D eigenvalue weighted by molar-refractivity contribution is 0.482. The van der Waals surface area contributed by atoms with Crippen LogP contribution in [0.4, 0.5) is 11.5 Å². The van der Waals surface area contributed by atoms with E-state index in [1.54, 1.807) is 36.7 Å². The van der Waals surface area contributed by atoms with Crippen molar-refractivity contribution < 1.29 is 4.74 Å². The molecule has 22 heavy (non-hydrogen) atoms. The van der Waals surface area contributed by atoms with Crippen molar-refractivity contribution in [1.82, 2.24) is 9.97 Å². The number of hydrogen-bond donors (Lipinski definition) is 1. The van der Waals surface area contributed by atoms with E-state index in [1.165, 1.54) is 6.20 Å². The summed E-state index contributed by atoms with van der Waals surface area (Å²) in [6.45, 7) is 0. The van der Waals surface area contributed by atoms with Gasteiger partial charge in [0.05, 0.1) is 5.56 Å². The molecule has 0 saturated carbocycles. The minimum absolute atomic E-state index is 0.528. The van der Waals surface area contributed by atoms with Gasteiger partial charge in [-0.3, -0.25) is 4.98 Å². The number of nitrogens with zero attached hydrogens (tertiary/aromatic N) is 3. The van der Waals surface area contributed by atoms with Gasteiger partial charge < -0.3 is 10.1 Å². The van der Waals surface area contributed by atoms with Crippen LogP contribution in [0.15, 0.2) is 67.1 Å². The van der Waals surface area contributed by atoms with Crippen LogP contribution in [0, 0.1) is 11.3 Å². The zero-order chi connectivity index (χ0) is 15.2. The van der Waals surface area contributed by atoms with Gasteiger partial charge >= 0.3 is 0 Å². The third kappa shape index (κ3) is 3.38. The van der Waals surface area contributed by atoms with Gasteiger partial charge in [0.1, 0.15) is 23.4 Å². The Balaban J connectivity index is 1.74. The van der Waals surface area contributed by atoms with Crippen LogP contribution in [-0.2, 0) is 0 Å². The van der Waals surface area contributed by atoms with Crippen molar-refractivity contribution in [2.45, 2.75) is 0 Å². The number of nitriles is 1. The maximum absolute atomic E-state index is 8.76. The highest BCUT2D eigenvalue weighted by Gasteiger charge is 2.01. The molecule has 0 aliphatic heterocycles. The number of ether oxygens (including phenoxy) is 1. The highest BCUT2D eigenvalue weighted by atomic mass is 16.5. The molecule has 106 valence electrons. The lowest BCUT2D eigenvalue weighted by atomic mass is 10.3. The van der Waals surface area contributed by atoms with Crippen LogP contribution in [0.1, 0.15) is 5.56 Å². The molecule has 0 aliphatic carbocycles. The first-order valence-electron chi connectivity index (χ1n) is 6.64. The zero-order valence-electron chi connectivity index (χ0n) is 11.6. The Kier molecular flexibility index (Phi) is 3.94. The molecular weight excluding hydrogens is 276 g/mol. The van der Waals surface area contributed by atoms with E-state index < -0.39 is 0 Å². The number of aromatic nitrogens is 2. The molecule has 0 amide bonds. The Morgan fingerprint density at radius 1 is 1.00 bits per heavy atom. The summed E-state index contributed by atoms with van der Waals surface area (Å²) in [7, 11) is 0. The fourth-order valence-electron chi connectivity index (χ4n) is 1.86. The number of benzene rings is 1. The van der Waals surface area contributed by atoms with E-state index in [2.05, 4.69) is 15.3 Å². The van der Waals surface area contributed by atoms with E-state index >= 15 is 0 Å². The van der Waals surface area contributed by atoms with Gasteiger partial charge in [-0.1, -0.05) is 6.07 Å². The van der Waals surface area contributed by atoms with Crippen molar-refractivity contribution in [2.75, 3.05) is 5.32 Å². The fourth-order valence-corrected chi connectivity index (χ4v) is 1.86. The Morgan fingerprint density at radius 2 is 1.86 bits per heavy atom. The van der Waals surface area contributed by atoms with Crippen molar-refractivity contribution in [3.05, 3.63) is 72.7 Å². The van der Waals surface area contributed by atoms with Crippen molar-refractivity contribution in [2.24, 2.45) is 0 Å². The van der Waals surface area contributed by atoms with Crippen LogP contribution in [0.5, 0.6) is 11.5 Å². The normalized spacial score (nSPS) is 9.77. The predicted octanol–water partition coefficient (Wildman–Crippen LogP) is 3.88. The third-order valence-corrected chi connectivity index (χ3v) is 2.88. The Morgan fingerprint density at radius 3 is 2.59 bits per heavy atom. The molecule has 0 aliphatic rings. The Hall–Kier alpha value is -3.39. The van der Waals surface area contributed by atoms with Gasteiger partial charge in [-0.05, 0) is 36.4 Å². The maximum Gasteiger partial charge on any atom is 0.130 e.